The lowest BCUT2D eigenvalue weighted by atomic mass is 10.1. The maximum Gasteiger partial charge on any atom is 0.329 e. The quantitative estimate of drug-likeness (QED) is 0.219. The minimum Gasteiger partial charge on any atom is -0.490 e. The van der Waals surface area contributed by atoms with Gasteiger partial charge in [0.15, 0.2) is 11.5 Å². The Balaban J connectivity index is 1.54. The summed E-state index contributed by atoms with van der Waals surface area (Å²) in [5, 5.41) is 3.32. The number of rotatable bonds is 8. The summed E-state index contributed by atoms with van der Waals surface area (Å²) in [6, 6.07) is 18.0. The molecule has 0 spiro atoms. The fraction of sp³-hybridized carbons (Fsp3) is 0.154. The highest BCUT2D eigenvalue weighted by Crippen LogP contribution is 2.38. The van der Waals surface area contributed by atoms with Gasteiger partial charge in [-0.15, -0.1) is 0 Å². The second-order valence-corrected chi connectivity index (χ2v) is 9.89. The average molecular weight is 621 g/mol. The van der Waals surface area contributed by atoms with Gasteiger partial charge in [-0.25, -0.2) is 4.79 Å². The molecule has 4 rings (SSSR count). The molecule has 0 radical (unpaired) electrons. The molecule has 3 aromatic rings. The number of halogens is 3. The summed E-state index contributed by atoms with van der Waals surface area (Å²) in [7, 11) is 0. The third-order valence-electron chi connectivity index (χ3n) is 5.16. The summed E-state index contributed by atoms with van der Waals surface area (Å²) in [6.07, 6.45) is 1.62. The van der Waals surface area contributed by atoms with Crippen molar-refractivity contribution in [3.8, 4) is 11.5 Å². The molecule has 0 atom stereocenters. The Kier molecular flexibility index (Phi) is 8.15. The first kappa shape index (κ1) is 25.3. The van der Waals surface area contributed by atoms with Crippen molar-refractivity contribution in [3.05, 3.63) is 97.0 Å². The van der Waals surface area contributed by atoms with Crippen molar-refractivity contribution in [1.82, 2.24) is 10.2 Å². The van der Waals surface area contributed by atoms with Gasteiger partial charge in [0.1, 0.15) is 12.3 Å². The number of carbonyl (C=O) groups is 2. The van der Waals surface area contributed by atoms with Crippen molar-refractivity contribution in [2.24, 2.45) is 0 Å². The van der Waals surface area contributed by atoms with E-state index in [2.05, 4.69) is 37.2 Å². The van der Waals surface area contributed by atoms with Crippen molar-refractivity contribution in [2.45, 2.75) is 20.1 Å². The molecule has 1 saturated heterocycles. The minimum atomic E-state index is -0.462. The van der Waals surface area contributed by atoms with Crippen LogP contribution in [0.5, 0.6) is 11.5 Å². The molecule has 0 aliphatic carbocycles. The zero-order chi connectivity index (χ0) is 24.9. The van der Waals surface area contributed by atoms with Crippen LogP contribution in [0.25, 0.3) is 6.08 Å². The van der Waals surface area contributed by atoms with Gasteiger partial charge in [-0.2, -0.15) is 0 Å². The summed E-state index contributed by atoms with van der Waals surface area (Å²) < 4.78 is 13.4. The number of imide groups is 1. The van der Waals surface area contributed by atoms with Crippen LogP contribution in [-0.4, -0.2) is 23.4 Å². The van der Waals surface area contributed by atoms with Crippen molar-refractivity contribution >= 4 is 61.5 Å². The van der Waals surface area contributed by atoms with E-state index in [1.807, 2.05) is 49.4 Å². The first-order valence-corrected chi connectivity index (χ1v) is 12.7. The van der Waals surface area contributed by atoms with Gasteiger partial charge in [0.05, 0.1) is 17.6 Å². The summed E-state index contributed by atoms with van der Waals surface area (Å²) in [4.78, 5) is 26.6. The lowest BCUT2D eigenvalue weighted by Gasteiger charge is -2.15. The van der Waals surface area contributed by atoms with Gasteiger partial charge in [-0.1, -0.05) is 51.8 Å². The Morgan fingerprint density at radius 1 is 0.971 bits per heavy atom. The average Bonchev–Trinajstić information content (AvgIpc) is 3.08. The van der Waals surface area contributed by atoms with Crippen LogP contribution in [0.15, 0.2) is 75.3 Å². The van der Waals surface area contributed by atoms with Gasteiger partial charge in [-0.05, 0) is 82.0 Å². The zero-order valence-electron chi connectivity index (χ0n) is 18.7. The molecule has 1 fully saturated rings. The van der Waals surface area contributed by atoms with E-state index in [0.29, 0.717) is 39.8 Å². The topological polar surface area (TPSA) is 67.9 Å². The number of nitrogens with zero attached hydrogens (tertiary/aromatic N) is 1. The monoisotopic (exact) mass is 618 g/mol. The third-order valence-corrected chi connectivity index (χ3v) is 6.53. The van der Waals surface area contributed by atoms with E-state index in [-0.39, 0.29) is 12.2 Å². The molecule has 1 aliphatic heterocycles. The van der Waals surface area contributed by atoms with E-state index in [9.17, 15) is 9.59 Å². The molecule has 180 valence electrons. The molecule has 0 aromatic heterocycles. The second kappa shape index (κ2) is 11.3. The minimum absolute atomic E-state index is 0.181. The van der Waals surface area contributed by atoms with E-state index in [0.717, 1.165) is 15.6 Å². The summed E-state index contributed by atoms with van der Waals surface area (Å²) in [5.41, 5.74) is 2.67. The molecule has 6 nitrogen and oxygen atoms in total. The number of hydrogen-bond donors (Lipinski definition) is 1. The van der Waals surface area contributed by atoms with Crippen molar-refractivity contribution in [3.63, 3.8) is 0 Å². The number of urea groups is 1. The number of hydrogen-bond acceptors (Lipinski definition) is 4. The van der Waals surface area contributed by atoms with Crippen molar-refractivity contribution in [1.29, 1.82) is 0 Å². The Hall–Kier alpha value is -2.81. The molecular weight excluding hydrogens is 600 g/mol. The lowest BCUT2D eigenvalue weighted by Crippen LogP contribution is -2.30. The number of carbonyl (C=O) groups excluding carboxylic acids is 2. The van der Waals surface area contributed by atoms with Crippen LogP contribution in [0.1, 0.15) is 23.6 Å². The molecule has 35 heavy (non-hydrogen) atoms. The number of nitrogens with one attached hydrogen (secondary N) is 1. The molecule has 3 aromatic carbocycles. The Morgan fingerprint density at radius 3 is 2.34 bits per heavy atom. The highest BCUT2D eigenvalue weighted by molar-refractivity contribution is 9.10. The standard InChI is InChI=1S/C26H21Br2ClN2O4/c1-2-34-23-13-18(11-21(28)24(23)35-15-17-5-9-20(29)10-6-17)12-22-25(32)31(26(33)30-22)14-16-3-7-19(27)8-4-16/h3-13H,2,14-15H2,1H3,(H,30,33)/b22-12+. The van der Waals surface area contributed by atoms with E-state index >= 15 is 0 Å². The SMILES string of the molecule is CCOc1cc(/C=C2/NC(=O)N(Cc3ccc(Br)cc3)C2=O)cc(Br)c1OCc1ccc(Cl)cc1. The molecule has 3 amide bonds. The first-order valence-electron chi connectivity index (χ1n) is 10.8. The maximum atomic E-state index is 12.9. The van der Waals surface area contributed by atoms with Gasteiger partial charge < -0.3 is 14.8 Å². The van der Waals surface area contributed by atoms with E-state index in [1.165, 1.54) is 4.90 Å². The van der Waals surface area contributed by atoms with Crippen molar-refractivity contribution in [2.75, 3.05) is 6.61 Å². The van der Waals surface area contributed by atoms with Gasteiger partial charge in [0, 0.05) is 9.50 Å². The van der Waals surface area contributed by atoms with E-state index in [1.54, 1.807) is 24.3 Å². The molecule has 1 heterocycles. The smallest absolute Gasteiger partial charge is 0.329 e. The normalized spacial score (nSPS) is 14.4. The molecular formula is C26H21Br2ClN2O4. The van der Waals surface area contributed by atoms with Gasteiger partial charge >= 0.3 is 6.03 Å². The molecule has 1 aliphatic rings. The maximum absolute atomic E-state index is 12.9. The van der Waals surface area contributed by atoms with Crippen LogP contribution in [0.2, 0.25) is 5.02 Å². The van der Waals surface area contributed by atoms with E-state index in [4.69, 9.17) is 21.1 Å². The number of amides is 3. The van der Waals surface area contributed by atoms with Gasteiger partial charge in [0.2, 0.25) is 0 Å². The van der Waals surface area contributed by atoms with Gasteiger partial charge in [-0.3, -0.25) is 9.69 Å². The van der Waals surface area contributed by atoms with Crippen LogP contribution in [-0.2, 0) is 17.9 Å². The van der Waals surface area contributed by atoms with E-state index < -0.39 is 11.9 Å². The predicted molar refractivity (Wildman–Crippen MR) is 142 cm³/mol. The highest BCUT2D eigenvalue weighted by atomic mass is 79.9. The Bertz CT molecular complexity index is 1280. The van der Waals surface area contributed by atoms with Crippen LogP contribution in [0.4, 0.5) is 4.79 Å². The van der Waals surface area contributed by atoms with Gasteiger partial charge in [0.25, 0.3) is 5.91 Å². The lowest BCUT2D eigenvalue weighted by molar-refractivity contribution is -0.123. The third kappa shape index (κ3) is 6.25. The van der Waals surface area contributed by atoms with Crippen LogP contribution < -0.4 is 14.8 Å². The van der Waals surface area contributed by atoms with Crippen LogP contribution >= 0.6 is 43.5 Å². The first-order chi connectivity index (χ1) is 16.8. The zero-order valence-corrected chi connectivity index (χ0v) is 22.6. The Morgan fingerprint density at radius 2 is 1.66 bits per heavy atom. The summed E-state index contributed by atoms with van der Waals surface area (Å²) in [6.45, 7) is 2.82. The molecule has 9 heteroatoms. The van der Waals surface area contributed by atoms with Crippen LogP contribution in [0.3, 0.4) is 0 Å². The second-order valence-electron chi connectivity index (χ2n) is 7.68. The van der Waals surface area contributed by atoms with Crippen LogP contribution in [0, 0.1) is 0 Å². The summed E-state index contributed by atoms with van der Waals surface area (Å²) >= 11 is 12.9. The number of benzene rings is 3. The van der Waals surface area contributed by atoms with Crippen molar-refractivity contribution < 1.29 is 19.1 Å². The highest BCUT2D eigenvalue weighted by Gasteiger charge is 2.33. The molecule has 0 saturated carbocycles. The number of ether oxygens (including phenoxy) is 2. The molecule has 0 unspecified atom stereocenters. The molecule has 0 bridgehead atoms. The Labute approximate surface area is 225 Å². The summed E-state index contributed by atoms with van der Waals surface area (Å²) in [5.74, 6) is 0.670. The molecule has 1 N–H and O–H groups in total. The fourth-order valence-electron chi connectivity index (χ4n) is 3.46. The fourth-order valence-corrected chi connectivity index (χ4v) is 4.43. The largest absolute Gasteiger partial charge is 0.490 e. The predicted octanol–water partition coefficient (Wildman–Crippen LogP) is 6.94.